The molecule has 0 aliphatic carbocycles. The summed E-state index contributed by atoms with van der Waals surface area (Å²) < 4.78 is 0. The lowest BCUT2D eigenvalue weighted by atomic mass is 9.81. The van der Waals surface area contributed by atoms with Crippen molar-refractivity contribution in [2.45, 2.75) is 7.43 Å². The predicted octanol–water partition coefficient (Wildman–Crippen LogP) is 5.79. The summed E-state index contributed by atoms with van der Waals surface area (Å²) in [7, 11) is -1.34. The third-order valence-electron chi connectivity index (χ3n) is 3.58. The molecule has 8 heteroatoms. The van der Waals surface area contributed by atoms with Crippen molar-refractivity contribution in [2.75, 3.05) is 0 Å². The van der Waals surface area contributed by atoms with Crippen LogP contribution in [0, 0.1) is 0 Å². The molecule has 4 nitrogen and oxygen atoms in total. The highest BCUT2D eigenvalue weighted by Gasteiger charge is 2.07. The van der Waals surface area contributed by atoms with Crippen LogP contribution in [0.3, 0.4) is 0 Å². The lowest BCUT2D eigenvalue weighted by Crippen LogP contribution is -2.29. The van der Waals surface area contributed by atoms with Gasteiger partial charge < -0.3 is 10.0 Å². The van der Waals surface area contributed by atoms with E-state index in [1.807, 2.05) is 42.5 Å². The van der Waals surface area contributed by atoms with Crippen molar-refractivity contribution in [1.29, 1.82) is 0 Å². The Kier molecular flexibility index (Phi) is 12.5. The molecule has 0 amide bonds. The van der Waals surface area contributed by atoms with Crippen molar-refractivity contribution in [1.82, 2.24) is 9.97 Å². The van der Waals surface area contributed by atoms with E-state index in [-0.39, 0.29) is 7.43 Å². The molecule has 0 saturated carbocycles. The molecule has 4 rings (SSSR count). The average Bonchev–Trinajstić information content (AvgIpc) is 2.76. The molecule has 0 saturated heterocycles. The van der Waals surface area contributed by atoms with Crippen LogP contribution in [0.1, 0.15) is 7.43 Å². The second-order valence-electron chi connectivity index (χ2n) is 5.86. The van der Waals surface area contributed by atoms with E-state index < -0.39 is 7.12 Å². The zero-order valence-electron chi connectivity index (χ0n) is 15.7. The summed E-state index contributed by atoms with van der Waals surface area (Å²) in [5.74, 6) is 0. The van der Waals surface area contributed by atoms with Gasteiger partial charge in [0, 0.05) is 30.4 Å². The minimum Gasteiger partial charge on any atom is -0.423 e. The van der Waals surface area contributed by atoms with Gasteiger partial charge in [0.1, 0.15) is 0 Å². The van der Waals surface area contributed by atoms with Gasteiger partial charge in [-0.05, 0) is 23.2 Å². The van der Waals surface area contributed by atoms with Gasteiger partial charge in [-0.2, -0.15) is 0 Å². The smallest absolute Gasteiger partial charge is 0.423 e. The molecule has 31 heavy (non-hydrogen) atoms. The first-order chi connectivity index (χ1) is 14.5. The molecule has 2 aromatic carbocycles. The molecule has 2 heterocycles. The fraction of sp³-hybridized carbons (Fsp3) is 0.0435. The van der Waals surface area contributed by atoms with Crippen molar-refractivity contribution >= 4 is 47.4 Å². The molecular weight excluding hydrogens is 453 g/mol. The van der Waals surface area contributed by atoms with Crippen molar-refractivity contribution in [3.8, 4) is 11.1 Å². The summed E-state index contributed by atoms with van der Waals surface area (Å²) in [4.78, 5) is 7.75. The third-order valence-corrected chi connectivity index (χ3v) is 4.20. The molecule has 2 aromatic heterocycles. The summed E-state index contributed by atoms with van der Waals surface area (Å²) in [6, 6.07) is 22.2. The topological polar surface area (TPSA) is 66.2 Å². The molecule has 0 bridgehead atoms. The quantitative estimate of drug-likeness (QED) is 0.360. The number of rotatable bonds is 2. The number of aromatic nitrogens is 2. The van der Waals surface area contributed by atoms with E-state index in [2.05, 4.69) is 9.97 Å². The van der Waals surface area contributed by atoms with E-state index in [0.29, 0.717) is 20.5 Å². The van der Waals surface area contributed by atoms with Gasteiger partial charge in [-0.25, -0.2) is 0 Å². The normalized spacial score (nSPS) is 9.19. The maximum absolute atomic E-state index is 8.58. The van der Waals surface area contributed by atoms with E-state index in [1.165, 1.54) is 12.4 Å². The number of halogens is 3. The van der Waals surface area contributed by atoms with Gasteiger partial charge in [0.15, 0.2) is 0 Å². The van der Waals surface area contributed by atoms with Crippen LogP contribution in [0.5, 0.6) is 0 Å². The highest BCUT2D eigenvalue weighted by atomic mass is 35.5. The van der Waals surface area contributed by atoms with Crippen LogP contribution in [-0.2, 0) is 0 Å². The van der Waals surface area contributed by atoms with Crippen LogP contribution in [0.25, 0.3) is 11.1 Å². The number of hydrogen-bond donors (Lipinski definition) is 2. The SMILES string of the molecule is C.Clc1cncc(-c2ccccc2)c1.Clc1cncc(Cl)c1.OB(O)c1ccccc1. The molecule has 0 unspecified atom stereocenters. The zero-order valence-corrected chi connectivity index (χ0v) is 18.0. The first-order valence-electron chi connectivity index (χ1n) is 8.79. The van der Waals surface area contributed by atoms with E-state index in [0.717, 1.165) is 11.1 Å². The standard InChI is InChI=1S/C11H8ClN.C6H7BO2.C5H3Cl2N.CH4/c12-11-6-10(7-13-8-11)9-4-2-1-3-5-9;8-7(9)6-4-2-1-3-5-6;6-4-1-5(7)3-8-2-4;/h1-8H;1-5,8-9H;1-3H;1H4. The van der Waals surface area contributed by atoms with Crippen LogP contribution >= 0.6 is 34.8 Å². The molecule has 0 radical (unpaired) electrons. The summed E-state index contributed by atoms with van der Waals surface area (Å²) in [6.07, 6.45) is 6.51. The first kappa shape index (κ1) is 26.6. The molecule has 0 aliphatic rings. The van der Waals surface area contributed by atoms with Crippen LogP contribution in [0.15, 0.2) is 97.6 Å². The van der Waals surface area contributed by atoms with Gasteiger partial charge in [-0.1, -0.05) is 103 Å². The number of benzene rings is 2. The summed E-state index contributed by atoms with van der Waals surface area (Å²) >= 11 is 16.8. The van der Waals surface area contributed by atoms with Gasteiger partial charge in [-0.15, -0.1) is 0 Å². The van der Waals surface area contributed by atoms with Gasteiger partial charge in [0.25, 0.3) is 0 Å². The van der Waals surface area contributed by atoms with E-state index in [4.69, 9.17) is 44.9 Å². The van der Waals surface area contributed by atoms with Crippen molar-refractivity contribution in [3.63, 3.8) is 0 Å². The summed E-state index contributed by atoms with van der Waals surface area (Å²) in [6.45, 7) is 0. The van der Waals surface area contributed by atoms with Crippen LogP contribution < -0.4 is 5.46 Å². The second kappa shape index (κ2) is 14.6. The van der Waals surface area contributed by atoms with Gasteiger partial charge in [0.2, 0.25) is 0 Å². The fourth-order valence-corrected chi connectivity index (χ4v) is 2.79. The third kappa shape index (κ3) is 10.4. The van der Waals surface area contributed by atoms with Gasteiger partial charge in [0.05, 0.1) is 15.1 Å². The molecule has 0 aliphatic heterocycles. The van der Waals surface area contributed by atoms with Gasteiger partial charge >= 0.3 is 7.12 Å². The average molecular weight is 476 g/mol. The molecule has 4 aromatic rings. The predicted molar refractivity (Wildman–Crippen MR) is 132 cm³/mol. The lowest BCUT2D eigenvalue weighted by Gasteiger charge is -1.99. The van der Waals surface area contributed by atoms with Crippen molar-refractivity contribution in [3.05, 3.63) is 113 Å². The number of hydrogen-bond acceptors (Lipinski definition) is 4. The number of pyridine rings is 2. The van der Waals surface area contributed by atoms with E-state index >= 15 is 0 Å². The van der Waals surface area contributed by atoms with Crippen molar-refractivity contribution in [2.24, 2.45) is 0 Å². The molecule has 0 fully saturated rings. The summed E-state index contributed by atoms with van der Waals surface area (Å²) in [5.41, 5.74) is 2.71. The van der Waals surface area contributed by atoms with Crippen LogP contribution in [0.4, 0.5) is 0 Å². The molecule has 160 valence electrons. The largest absolute Gasteiger partial charge is 0.488 e. The second-order valence-corrected chi connectivity index (χ2v) is 7.17. The molecular formula is C23H22BCl3N2O2. The first-order valence-corrected chi connectivity index (χ1v) is 9.92. The Morgan fingerprint density at radius 3 is 1.42 bits per heavy atom. The minimum atomic E-state index is -1.34. The van der Waals surface area contributed by atoms with Crippen molar-refractivity contribution < 1.29 is 10.0 Å². The van der Waals surface area contributed by atoms with Crippen LogP contribution in [-0.4, -0.2) is 27.1 Å². The molecule has 2 N–H and O–H groups in total. The lowest BCUT2D eigenvalue weighted by molar-refractivity contribution is 0.426. The van der Waals surface area contributed by atoms with Gasteiger partial charge in [-0.3, -0.25) is 9.97 Å². The Morgan fingerprint density at radius 1 is 0.581 bits per heavy atom. The Bertz CT molecular complexity index is 1010. The Morgan fingerprint density at radius 2 is 1.03 bits per heavy atom. The Balaban J connectivity index is 0.000000238. The minimum absolute atomic E-state index is 0. The molecule has 0 spiro atoms. The van der Waals surface area contributed by atoms with E-state index in [1.54, 1.807) is 42.7 Å². The molecule has 0 atom stereocenters. The maximum atomic E-state index is 8.58. The highest BCUT2D eigenvalue weighted by molar-refractivity contribution is 6.58. The monoisotopic (exact) mass is 474 g/mol. The number of nitrogens with zero attached hydrogens (tertiary/aromatic N) is 2. The summed E-state index contributed by atoms with van der Waals surface area (Å²) in [5, 5.41) is 19.0. The Hall–Kier alpha value is -2.41. The fourth-order valence-electron chi connectivity index (χ4n) is 2.21. The van der Waals surface area contributed by atoms with E-state index in [9.17, 15) is 0 Å². The Labute approximate surface area is 198 Å². The highest BCUT2D eigenvalue weighted by Crippen LogP contribution is 2.20. The maximum Gasteiger partial charge on any atom is 0.488 e. The van der Waals surface area contributed by atoms with Crippen LogP contribution in [0.2, 0.25) is 15.1 Å². The zero-order chi connectivity index (χ0) is 21.8.